The van der Waals surface area contributed by atoms with E-state index in [-0.39, 0.29) is 17.1 Å². The van der Waals surface area contributed by atoms with Crippen LogP contribution in [0.15, 0.2) is 34.8 Å². The van der Waals surface area contributed by atoms with Crippen LogP contribution in [0.3, 0.4) is 0 Å². The predicted molar refractivity (Wildman–Crippen MR) is 92.2 cm³/mol. The Labute approximate surface area is 140 Å². The zero-order chi connectivity index (χ0) is 16.2. The van der Waals surface area contributed by atoms with Crippen LogP contribution < -0.4 is 4.90 Å². The summed E-state index contributed by atoms with van der Waals surface area (Å²) in [6, 6.07) is 6.09. The third kappa shape index (κ3) is 2.24. The van der Waals surface area contributed by atoms with Crippen molar-refractivity contribution < 1.29 is 4.74 Å². The molecule has 4 rings (SSSR count). The van der Waals surface area contributed by atoms with Gasteiger partial charge in [-0.1, -0.05) is 6.07 Å². The van der Waals surface area contributed by atoms with Crippen molar-refractivity contribution in [2.24, 2.45) is 4.99 Å². The molecular formula is C17H20N4OS. The van der Waals surface area contributed by atoms with Crippen LogP contribution in [0.4, 0.5) is 5.82 Å². The van der Waals surface area contributed by atoms with Gasteiger partial charge >= 0.3 is 0 Å². The van der Waals surface area contributed by atoms with Crippen LogP contribution in [0.2, 0.25) is 0 Å². The molecule has 0 N–H and O–H groups in total. The van der Waals surface area contributed by atoms with E-state index < -0.39 is 0 Å². The smallest absolute Gasteiger partial charge is 0.213 e. The predicted octanol–water partition coefficient (Wildman–Crippen LogP) is 3.37. The monoisotopic (exact) mass is 328 g/mol. The normalized spacial score (nSPS) is 28.4. The van der Waals surface area contributed by atoms with Gasteiger partial charge in [0, 0.05) is 17.3 Å². The molecule has 23 heavy (non-hydrogen) atoms. The Kier molecular flexibility index (Phi) is 3.04. The minimum atomic E-state index is -0.313. The third-order valence-corrected chi connectivity index (χ3v) is 5.40. The summed E-state index contributed by atoms with van der Waals surface area (Å²) in [5, 5.41) is 3.18. The first-order valence-corrected chi connectivity index (χ1v) is 8.65. The number of hydrogen-bond acceptors (Lipinski definition) is 6. The average molecular weight is 328 g/mol. The number of aryl methyl sites for hydroxylation is 1. The van der Waals surface area contributed by atoms with Crippen LogP contribution in [0, 0.1) is 6.92 Å². The Bertz CT molecular complexity index is 770. The van der Waals surface area contributed by atoms with Crippen molar-refractivity contribution in [3.8, 4) is 0 Å². The number of hydrogen-bond donors (Lipinski definition) is 0. The molecule has 2 aromatic heterocycles. The molecule has 0 bridgehead atoms. The van der Waals surface area contributed by atoms with Gasteiger partial charge < -0.3 is 9.64 Å². The molecule has 0 saturated carbocycles. The van der Waals surface area contributed by atoms with Crippen LogP contribution in [0.5, 0.6) is 0 Å². The van der Waals surface area contributed by atoms with Gasteiger partial charge in [-0.25, -0.2) is 15.0 Å². The molecule has 2 aliphatic heterocycles. The maximum atomic E-state index is 5.96. The highest BCUT2D eigenvalue weighted by Gasteiger charge is 2.67. The van der Waals surface area contributed by atoms with Gasteiger partial charge in [0.2, 0.25) is 5.90 Å². The maximum absolute atomic E-state index is 5.96. The molecule has 0 unspecified atom stereocenters. The van der Waals surface area contributed by atoms with Gasteiger partial charge in [-0.3, -0.25) is 0 Å². The minimum Gasteiger partial charge on any atom is -0.477 e. The van der Waals surface area contributed by atoms with Crippen molar-refractivity contribution in [2.75, 3.05) is 11.5 Å². The Hall–Kier alpha value is -1.95. The van der Waals surface area contributed by atoms with E-state index in [1.165, 1.54) is 0 Å². The summed E-state index contributed by atoms with van der Waals surface area (Å²) in [4.78, 5) is 16.3. The number of rotatable bonds is 3. The lowest BCUT2D eigenvalue weighted by atomic mass is 10.1. The first kappa shape index (κ1) is 14.6. The highest BCUT2D eigenvalue weighted by Crippen LogP contribution is 2.57. The van der Waals surface area contributed by atoms with Crippen LogP contribution in [-0.4, -0.2) is 33.6 Å². The molecule has 0 radical (unpaired) electrons. The highest BCUT2D eigenvalue weighted by atomic mass is 32.1. The molecule has 5 nitrogen and oxygen atoms in total. The van der Waals surface area contributed by atoms with Crippen LogP contribution in [0.25, 0.3) is 0 Å². The summed E-state index contributed by atoms with van der Waals surface area (Å²) in [5.41, 5.74) is 0.571. The number of anilines is 1. The molecule has 120 valence electrons. The van der Waals surface area contributed by atoms with Crippen LogP contribution >= 0.6 is 11.3 Å². The van der Waals surface area contributed by atoms with E-state index in [2.05, 4.69) is 36.0 Å². The second-order valence-corrected chi connectivity index (χ2v) is 7.84. The second kappa shape index (κ2) is 4.77. The topological polar surface area (TPSA) is 50.4 Å². The fraction of sp³-hybridized carbons (Fsp3) is 0.471. The van der Waals surface area contributed by atoms with Crippen molar-refractivity contribution in [2.45, 2.75) is 44.8 Å². The fourth-order valence-corrected chi connectivity index (χ4v) is 4.17. The zero-order valence-electron chi connectivity index (χ0n) is 13.8. The SMILES string of the molecule is Cc1csc([C@@H]2N(c3ccccn3)[C@]2(C)C2=NC(C)(C)CO2)n1. The van der Waals surface area contributed by atoms with Crippen LogP contribution in [0.1, 0.15) is 37.5 Å². The quantitative estimate of drug-likeness (QED) is 0.811. The van der Waals surface area contributed by atoms with Gasteiger partial charge in [-0.2, -0.15) is 0 Å². The molecule has 0 spiro atoms. The van der Waals surface area contributed by atoms with E-state index in [4.69, 9.17) is 14.7 Å². The summed E-state index contributed by atoms with van der Waals surface area (Å²) in [7, 11) is 0. The van der Waals surface area contributed by atoms with Crippen molar-refractivity contribution >= 4 is 23.1 Å². The summed E-state index contributed by atoms with van der Waals surface area (Å²) in [5.74, 6) is 1.73. The lowest BCUT2D eigenvalue weighted by Gasteiger charge is -2.11. The summed E-state index contributed by atoms with van der Waals surface area (Å²) < 4.78 is 5.96. The largest absolute Gasteiger partial charge is 0.477 e. The minimum absolute atomic E-state index is 0.128. The van der Waals surface area contributed by atoms with Crippen LogP contribution in [-0.2, 0) is 4.74 Å². The molecule has 6 heteroatoms. The summed E-state index contributed by atoms with van der Waals surface area (Å²) >= 11 is 1.69. The first-order chi connectivity index (χ1) is 10.9. The molecule has 0 aromatic carbocycles. The zero-order valence-corrected chi connectivity index (χ0v) is 14.6. The first-order valence-electron chi connectivity index (χ1n) is 7.77. The lowest BCUT2D eigenvalue weighted by molar-refractivity contribution is 0.270. The second-order valence-electron chi connectivity index (χ2n) is 6.95. The number of aliphatic imine (C=N–C) groups is 1. The van der Waals surface area contributed by atoms with E-state index >= 15 is 0 Å². The molecule has 4 heterocycles. The van der Waals surface area contributed by atoms with E-state index in [9.17, 15) is 0 Å². The summed E-state index contributed by atoms with van der Waals surface area (Å²) in [6.07, 6.45) is 1.82. The van der Waals surface area contributed by atoms with Gasteiger partial charge in [0.15, 0.2) is 0 Å². The van der Waals surface area contributed by atoms with Crippen molar-refractivity contribution in [1.29, 1.82) is 0 Å². The third-order valence-electron chi connectivity index (χ3n) is 4.39. The molecule has 1 saturated heterocycles. The Morgan fingerprint density at radius 3 is 2.70 bits per heavy atom. The number of ether oxygens (including phenoxy) is 1. The Balaban J connectivity index is 1.77. The van der Waals surface area contributed by atoms with E-state index in [1.54, 1.807) is 11.3 Å². The fourth-order valence-electron chi connectivity index (χ4n) is 3.17. The summed E-state index contributed by atoms with van der Waals surface area (Å²) in [6.45, 7) is 9.01. The highest BCUT2D eigenvalue weighted by molar-refractivity contribution is 7.09. The van der Waals surface area contributed by atoms with Gasteiger partial charge in [0.25, 0.3) is 0 Å². The van der Waals surface area contributed by atoms with Crippen molar-refractivity contribution in [3.63, 3.8) is 0 Å². The van der Waals surface area contributed by atoms with Gasteiger partial charge in [-0.05, 0) is 39.8 Å². The Morgan fingerprint density at radius 1 is 1.30 bits per heavy atom. The molecular weight excluding hydrogens is 308 g/mol. The van der Waals surface area contributed by atoms with E-state index in [0.29, 0.717) is 6.61 Å². The lowest BCUT2D eigenvalue weighted by Crippen LogP contribution is -2.27. The van der Waals surface area contributed by atoms with Gasteiger partial charge in [-0.15, -0.1) is 11.3 Å². The molecule has 1 fully saturated rings. The number of nitrogens with zero attached hydrogens (tertiary/aromatic N) is 4. The van der Waals surface area contributed by atoms with E-state index in [1.807, 2.05) is 31.3 Å². The number of thiazole rings is 1. The molecule has 2 aromatic rings. The average Bonchev–Trinajstić information content (AvgIpc) is 2.81. The molecule has 2 atom stereocenters. The van der Waals surface area contributed by atoms with E-state index in [0.717, 1.165) is 22.4 Å². The molecule has 2 aliphatic rings. The number of aromatic nitrogens is 2. The van der Waals surface area contributed by atoms with Gasteiger partial charge in [0.1, 0.15) is 29.0 Å². The van der Waals surface area contributed by atoms with Gasteiger partial charge in [0.05, 0.1) is 5.54 Å². The van der Waals surface area contributed by atoms with Crippen molar-refractivity contribution in [3.05, 3.63) is 40.5 Å². The standard InChI is InChI=1S/C17H20N4OS/c1-11-9-23-14(19-11)13-17(4,15-20-16(2,3)10-22-15)21(13)12-7-5-6-8-18-12/h5-9,13H,10H2,1-4H3/t13-,17-,21?/m0/s1. The molecule has 0 aliphatic carbocycles. The maximum Gasteiger partial charge on any atom is 0.213 e. The molecule has 0 amide bonds. The Morgan fingerprint density at radius 2 is 2.13 bits per heavy atom. The van der Waals surface area contributed by atoms with Crippen molar-refractivity contribution in [1.82, 2.24) is 9.97 Å². The number of pyridine rings is 1.